The predicted molar refractivity (Wildman–Crippen MR) is 56.4 cm³/mol. The van der Waals surface area contributed by atoms with Crippen LogP contribution in [0.5, 0.6) is 0 Å². The van der Waals surface area contributed by atoms with Crippen molar-refractivity contribution in [2.75, 3.05) is 26.2 Å². The van der Waals surface area contributed by atoms with Gasteiger partial charge in [0.2, 0.25) is 0 Å². The molecule has 6 nitrogen and oxygen atoms in total. The topological polar surface area (TPSA) is 93.0 Å². The van der Waals surface area contributed by atoms with Crippen molar-refractivity contribution in [2.45, 2.75) is 6.04 Å². The Labute approximate surface area is 89.1 Å². The lowest BCUT2D eigenvalue weighted by atomic mass is 10.2. The van der Waals surface area contributed by atoms with E-state index in [9.17, 15) is 4.79 Å². The number of nitrogens with one attached hydrogen (secondary N) is 1. The van der Waals surface area contributed by atoms with Gasteiger partial charge < -0.3 is 20.2 Å². The lowest BCUT2D eigenvalue weighted by Gasteiger charge is -2.30. The van der Waals surface area contributed by atoms with E-state index in [2.05, 4.69) is 5.32 Å². The molecule has 0 radical (unpaired) electrons. The summed E-state index contributed by atoms with van der Waals surface area (Å²) in [6.07, 6.45) is 1.65. The molecule has 0 amide bonds. The van der Waals surface area contributed by atoms with Gasteiger partial charge in [0.05, 0.1) is 0 Å². The average Bonchev–Trinajstić information content (AvgIpc) is 2.17. The predicted octanol–water partition coefficient (Wildman–Crippen LogP) is -0.845. The second-order valence-corrected chi connectivity index (χ2v) is 4.25. The van der Waals surface area contributed by atoms with Crippen LogP contribution in [0.15, 0.2) is 11.9 Å². The van der Waals surface area contributed by atoms with Crippen LogP contribution < -0.4 is 5.32 Å². The Morgan fingerprint density at radius 3 is 2.93 bits per heavy atom. The molecule has 0 aliphatic carbocycles. The zero-order valence-corrected chi connectivity index (χ0v) is 9.10. The molecule has 1 saturated heterocycles. The van der Waals surface area contributed by atoms with Crippen molar-refractivity contribution in [1.29, 1.82) is 0 Å². The molecule has 86 valence electrons. The van der Waals surface area contributed by atoms with E-state index in [1.54, 1.807) is 6.08 Å². The first-order valence-electron chi connectivity index (χ1n) is 4.62. The first-order chi connectivity index (χ1) is 7.09. The fourth-order valence-electron chi connectivity index (χ4n) is 1.43. The summed E-state index contributed by atoms with van der Waals surface area (Å²) in [5, 5.41) is 11.7. The van der Waals surface area contributed by atoms with Gasteiger partial charge in [0.25, 0.3) is 0 Å². The third-order valence-corrected chi connectivity index (χ3v) is 2.64. The van der Waals surface area contributed by atoms with Crippen LogP contribution in [0.2, 0.25) is 0 Å². The van der Waals surface area contributed by atoms with Crippen LogP contribution in [-0.4, -0.2) is 58.0 Å². The number of carbonyl (C=O) groups is 1. The number of rotatable bonds is 4. The molecular formula is C8H15N2O4P. The molecule has 1 unspecified atom stereocenters. The van der Waals surface area contributed by atoms with Crippen LogP contribution in [0.25, 0.3) is 0 Å². The van der Waals surface area contributed by atoms with Gasteiger partial charge in [-0.25, -0.2) is 0 Å². The van der Waals surface area contributed by atoms with E-state index in [4.69, 9.17) is 14.9 Å². The molecule has 1 heterocycles. The molecule has 0 aromatic rings. The maximum atomic E-state index is 10.7. The Bertz CT molecular complexity index is 247. The van der Waals surface area contributed by atoms with E-state index in [0.717, 1.165) is 6.54 Å². The third kappa shape index (κ3) is 4.68. The largest absolute Gasteiger partial charge is 0.480 e. The zero-order valence-electron chi connectivity index (χ0n) is 8.20. The van der Waals surface area contributed by atoms with E-state index >= 15 is 0 Å². The fourth-order valence-corrected chi connectivity index (χ4v) is 1.72. The van der Waals surface area contributed by atoms with Crippen molar-refractivity contribution in [3.63, 3.8) is 0 Å². The summed E-state index contributed by atoms with van der Waals surface area (Å²) in [6.45, 7) is 2.39. The highest BCUT2D eigenvalue weighted by molar-refractivity contribution is 7.48. The van der Waals surface area contributed by atoms with E-state index in [1.165, 1.54) is 5.82 Å². The summed E-state index contributed by atoms with van der Waals surface area (Å²) in [5.74, 6) is 0.475. The minimum atomic E-state index is -1.99. The number of aliphatic carboxylic acids is 1. The van der Waals surface area contributed by atoms with Gasteiger partial charge in [-0.1, -0.05) is 6.08 Å². The van der Waals surface area contributed by atoms with Crippen LogP contribution >= 0.6 is 8.38 Å². The average molecular weight is 234 g/mol. The maximum absolute atomic E-state index is 10.7. The number of piperazine rings is 1. The number of hydrogen-bond acceptors (Lipinski definition) is 5. The normalized spacial score (nSPS) is 23.8. The summed E-state index contributed by atoms with van der Waals surface area (Å²) < 4.78 is 0. The summed E-state index contributed by atoms with van der Waals surface area (Å²) in [5.41, 5.74) is 0. The number of carboxylic acids is 1. The smallest absolute Gasteiger partial charge is 0.322 e. The molecule has 0 bridgehead atoms. The molecule has 1 aliphatic rings. The SMILES string of the molecule is O=C(O)C1CN(C/C=C/P(O)O)CCN1. The van der Waals surface area contributed by atoms with Crippen molar-refractivity contribution in [3.8, 4) is 0 Å². The van der Waals surface area contributed by atoms with Crippen LogP contribution in [0.3, 0.4) is 0 Å². The van der Waals surface area contributed by atoms with Crippen molar-refractivity contribution in [2.24, 2.45) is 0 Å². The number of hydrogen-bond donors (Lipinski definition) is 4. The van der Waals surface area contributed by atoms with E-state index in [-0.39, 0.29) is 0 Å². The van der Waals surface area contributed by atoms with Crippen LogP contribution in [0.1, 0.15) is 0 Å². The Morgan fingerprint density at radius 2 is 2.33 bits per heavy atom. The highest BCUT2D eigenvalue weighted by Crippen LogP contribution is 2.23. The van der Waals surface area contributed by atoms with Gasteiger partial charge in [-0.2, -0.15) is 0 Å². The third-order valence-electron chi connectivity index (χ3n) is 2.16. The van der Waals surface area contributed by atoms with Crippen LogP contribution in [0, 0.1) is 0 Å². The van der Waals surface area contributed by atoms with Crippen molar-refractivity contribution < 1.29 is 19.7 Å². The second-order valence-electron chi connectivity index (χ2n) is 3.31. The Balaban J connectivity index is 2.33. The van der Waals surface area contributed by atoms with E-state index in [0.29, 0.717) is 19.6 Å². The minimum Gasteiger partial charge on any atom is -0.480 e. The van der Waals surface area contributed by atoms with Gasteiger partial charge in [0.1, 0.15) is 6.04 Å². The summed E-state index contributed by atoms with van der Waals surface area (Å²) in [6, 6.07) is -0.531. The molecule has 7 heteroatoms. The van der Waals surface area contributed by atoms with Crippen LogP contribution in [0.4, 0.5) is 0 Å². The molecule has 4 N–H and O–H groups in total. The molecule has 0 saturated carbocycles. The maximum Gasteiger partial charge on any atom is 0.322 e. The van der Waals surface area contributed by atoms with Gasteiger partial charge >= 0.3 is 5.97 Å². The highest BCUT2D eigenvalue weighted by atomic mass is 31.2. The molecule has 15 heavy (non-hydrogen) atoms. The Morgan fingerprint density at radius 1 is 1.60 bits per heavy atom. The van der Waals surface area contributed by atoms with Crippen LogP contribution in [-0.2, 0) is 4.79 Å². The lowest BCUT2D eigenvalue weighted by Crippen LogP contribution is -2.54. The van der Waals surface area contributed by atoms with Gasteiger partial charge in [-0.15, -0.1) is 0 Å². The van der Waals surface area contributed by atoms with Gasteiger partial charge in [-0.3, -0.25) is 9.69 Å². The molecule has 0 aromatic heterocycles. The van der Waals surface area contributed by atoms with E-state index in [1.807, 2.05) is 4.90 Å². The van der Waals surface area contributed by atoms with Gasteiger partial charge in [0, 0.05) is 26.2 Å². The quantitative estimate of drug-likeness (QED) is 0.474. The molecule has 0 spiro atoms. The molecule has 1 rings (SSSR count). The summed E-state index contributed by atoms with van der Waals surface area (Å²) >= 11 is 0. The van der Waals surface area contributed by atoms with Crippen molar-refractivity contribution in [3.05, 3.63) is 11.9 Å². The number of nitrogens with zero attached hydrogens (tertiary/aromatic N) is 1. The zero-order chi connectivity index (χ0) is 11.3. The van der Waals surface area contributed by atoms with Crippen molar-refractivity contribution in [1.82, 2.24) is 10.2 Å². The number of carboxylic acid groups (broad SMARTS) is 1. The lowest BCUT2D eigenvalue weighted by molar-refractivity contribution is -0.140. The van der Waals surface area contributed by atoms with Crippen molar-refractivity contribution >= 4 is 14.3 Å². The van der Waals surface area contributed by atoms with E-state index < -0.39 is 20.4 Å². The Kier molecular flexibility index (Phi) is 5.14. The Hall–Kier alpha value is -0.520. The first kappa shape index (κ1) is 12.5. The molecule has 1 aliphatic heterocycles. The van der Waals surface area contributed by atoms with Gasteiger partial charge in [0.15, 0.2) is 8.38 Å². The first-order valence-corrected chi connectivity index (χ1v) is 5.93. The summed E-state index contributed by atoms with van der Waals surface area (Å²) in [7, 11) is -1.99. The molecule has 1 fully saturated rings. The standard InChI is InChI=1S/C8H15N2O4P/c11-8(12)7-6-10(4-2-9-7)3-1-5-15(13)14/h1,5,7,9,13-14H,2-4,6H2,(H,11,12)/b5-1+. The minimum absolute atomic E-state index is 0.439. The monoisotopic (exact) mass is 234 g/mol. The second kappa shape index (κ2) is 6.15. The molecule has 1 atom stereocenters. The summed E-state index contributed by atoms with van der Waals surface area (Å²) in [4.78, 5) is 29.9. The fraction of sp³-hybridized carbons (Fsp3) is 0.625. The molecular weight excluding hydrogens is 219 g/mol. The highest BCUT2D eigenvalue weighted by Gasteiger charge is 2.23. The molecule has 0 aromatic carbocycles. The van der Waals surface area contributed by atoms with Gasteiger partial charge in [-0.05, 0) is 5.82 Å².